The molecule has 0 aliphatic carbocycles. The van der Waals surface area contributed by atoms with Crippen LogP contribution in [0.25, 0.3) is 0 Å². The molecular formula is C18H24N4OS. The summed E-state index contributed by atoms with van der Waals surface area (Å²) in [6.45, 7) is 8.36. The van der Waals surface area contributed by atoms with Crippen molar-refractivity contribution in [2.75, 3.05) is 13.2 Å². The predicted octanol–water partition coefficient (Wildman–Crippen LogP) is 3.34. The fourth-order valence-electron chi connectivity index (χ4n) is 2.73. The number of guanidine groups is 1. The van der Waals surface area contributed by atoms with E-state index >= 15 is 0 Å². The number of aromatic nitrogens is 1. The van der Waals surface area contributed by atoms with Gasteiger partial charge in [0.15, 0.2) is 5.96 Å². The highest BCUT2D eigenvalue weighted by Crippen LogP contribution is 2.31. The maximum atomic E-state index is 5.73. The van der Waals surface area contributed by atoms with Gasteiger partial charge in [-0.2, -0.15) is 0 Å². The van der Waals surface area contributed by atoms with E-state index in [1.54, 1.807) is 11.3 Å². The number of para-hydroxylation sites is 1. The number of benzene rings is 1. The fraction of sp³-hybridized carbons (Fsp3) is 0.444. The molecule has 3 rings (SSSR count). The second-order valence-corrected chi connectivity index (χ2v) is 7.10. The Morgan fingerprint density at radius 2 is 2.21 bits per heavy atom. The van der Waals surface area contributed by atoms with Crippen LogP contribution in [0.15, 0.2) is 29.3 Å². The number of aryl methyl sites for hydroxylation is 2. The van der Waals surface area contributed by atoms with Crippen molar-refractivity contribution in [2.24, 2.45) is 4.99 Å². The molecule has 1 atom stereocenters. The average molecular weight is 344 g/mol. The van der Waals surface area contributed by atoms with E-state index in [0.29, 0.717) is 6.54 Å². The smallest absolute Gasteiger partial charge is 0.192 e. The van der Waals surface area contributed by atoms with Crippen LogP contribution < -0.4 is 15.4 Å². The van der Waals surface area contributed by atoms with E-state index in [1.807, 2.05) is 25.1 Å². The number of thiazole rings is 1. The number of nitrogens with one attached hydrogen (secondary N) is 2. The highest BCUT2D eigenvalue weighted by Gasteiger charge is 2.21. The van der Waals surface area contributed by atoms with Crippen molar-refractivity contribution in [3.63, 3.8) is 0 Å². The first-order valence-electron chi connectivity index (χ1n) is 8.37. The summed E-state index contributed by atoms with van der Waals surface area (Å²) in [5.74, 6) is 1.79. The van der Waals surface area contributed by atoms with Crippen LogP contribution in [-0.4, -0.2) is 24.1 Å². The normalized spacial score (nSPS) is 17.1. The fourth-order valence-corrected chi connectivity index (χ4v) is 3.59. The zero-order valence-corrected chi connectivity index (χ0v) is 15.2. The topological polar surface area (TPSA) is 58.5 Å². The van der Waals surface area contributed by atoms with Crippen LogP contribution in [0.3, 0.4) is 0 Å². The monoisotopic (exact) mass is 344 g/mol. The number of hydrogen-bond acceptors (Lipinski definition) is 4. The highest BCUT2D eigenvalue weighted by molar-refractivity contribution is 7.11. The molecule has 0 bridgehead atoms. The van der Waals surface area contributed by atoms with Crippen LogP contribution in [0, 0.1) is 13.8 Å². The van der Waals surface area contributed by atoms with E-state index in [2.05, 4.69) is 35.5 Å². The number of hydrogen-bond donors (Lipinski definition) is 2. The Bertz CT molecular complexity index is 706. The van der Waals surface area contributed by atoms with Gasteiger partial charge >= 0.3 is 0 Å². The predicted molar refractivity (Wildman–Crippen MR) is 98.8 cm³/mol. The summed E-state index contributed by atoms with van der Waals surface area (Å²) in [5, 5.41) is 7.92. The summed E-state index contributed by atoms with van der Waals surface area (Å²) in [7, 11) is 0. The lowest BCUT2D eigenvalue weighted by atomic mass is 10.0. The minimum Gasteiger partial charge on any atom is -0.493 e. The Balaban J connectivity index is 1.73. The second-order valence-electron chi connectivity index (χ2n) is 5.82. The van der Waals surface area contributed by atoms with Gasteiger partial charge in [0.1, 0.15) is 10.8 Å². The Kier molecular flexibility index (Phi) is 5.35. The van der Waals surface area contributed by atoms with Crippen molar-refractivity contribution >= 4 is 17.3 Å². The highest BCUT2D eigenvalue weighted by atomic mass is 32.1. The Morgan fingerprint density at radius 3 is 2.96 bits per heavy atom. The SMILES string of the molecule is CCNC(=NCc1nc(C)c(C)s1)NC1CCOc2ccccc21. The van der Waals surface area contributed by atoms with Gasteiger partial charge in [0.2, 0.25) is 0 Å². The van der Waals surface area contributed by atoms with E-state index in [9.17, 15) is 0 Å². The number of rotatable bonds is 4. The zero-order valence-electron chi connectivity index (χ0n) is 14.4. The largest absolute Gasteiger partial charge is 0.493 e. The molecule has 2 N–H and O–H groups in total. The Morgan fingerprint density at radius 1 is 1.38 bits per heavy atom. The molecule has 0 saturated carbocycles. The third-order valence-corrected chi connectivity index (χ3v) is 5.12. The number of aliphatic imine (C=N–C) groups is 1. The van der Waals surface area contributed by atoms with Crippen molar-refractivity contribution in [3.8, 4) is 5.75 Å². The molecule has 2 aromatic rings. The van der Waals surface area contributed by atoms with E-state index in [0.717, 1.165) is 42.0 Å². The molecular weight excluding hydrogens is 320 g/mol. The molecule has 0 fully saturated rings. The molecule has 1 aliphatic rings. The minimum absolute atomic E-state index is 0.215. The molecule has 0 spiro atoms. The lowest BCUT2D eigenvalue weighted by Gasteiger charge is -2.28. The number of ether oxygens (including phenoxy) is 1. The summed E-state index contributed by atoms with van der Waals surface area (Å²) in [4.78, 5) is 10.5. The van der Waals surface area contributed by atoms with Gasteiger partial charge in [-0.3, -0.25) is 0 Å². The van der Waals surface area contributed by atoms with Crippen molar-refractivity contribution < 1.29 is 4.74 Å². The molecule has 1 aromatic heterocycles. The third kappa shape index (κ3) is 3.87. The van der Waals surface area contributed by atoms with Crippen LogP contribution in [0.5, 0.6) is 5.75 Å². The molecule has 24 heavy (non-hydrogen) atoms. The first kappa shape index (κ1) is 16.8. The van der Waals surface area contributed by atoms with E-state index < -0.39 is 0 Å². The van der Waals surface area contributed by atoms with Gasteiger partial charge in [0, 0.05) is 23.4 Å². The second kappa shape index (κ2) is 7.66. The van der Waals surface area contributed by atoms with Crippen LogP contribution in [0.4, 0.5) is 0 Å². The maximum absolute atomic E-state index is 5.73. The van der Waals surface area contributed by atoms with Crippen LogP contribution in [0.2, 0.25) is 0 Å². The lowest BCUT2D eigenvalue weighted by molar-refractivity contribution is 0.261. The molecule has 0 amide bonds. The van der Waals surface area contributed by atoms with Gasteiger partial charge in [-0.05, 0) is 26.8 Å². The average Bonchev–Trinajstić information content (AvgIpc) is 2.91. The number of fused-ring (bicyclic) bond motifs is 1. The molecule has 1 unspecified atom stereocenters. The van der Waals surface area contributed by atoms with Crippen LogP contribution in [0.1, 0.15) is 40.5 Å². The quantitative estimate of drug-likeness (QED) is 0.660. The third-order valence-electron chi connectivity index (χ3n) is 4.06. The van der Waals surface area contributed by atoms with Crippen molar-refractivity contribution in [1.29, 1.82) is 0 Å². The molecule has 5 nitrogen and oxygen atoms in total. The molecule has 128 valence electrons. The van der Waals surface area contributed by atoms with Gasteiger partial charge in [-0.15, -0.1) is 11.3 Å². The van der Waals surface area contributed by atoms with Crippen molar-refractivity contribution in [1.82, 2.24) is 15.6 Å². The zero-order chi connectivity index (χ0) is 16.9. The van der Waals surface area contributed by atoms with Gasteiger partial charge < -0.3 is 15.4 Å². The molecule has 0 saturated heterocycles. The summed E-state index contributed by atoms with van der Waals surface area (Å²) in [6.07, 6.45) is 0.927. The first-order valence-corrected chi connectivity index (χ1v) is 9.18. The van der Waals surface area contributed by atoms with Crippen LogP contribution >= 0.6 is 11.3 Å². The summed E-state index contributed by atoms with van der Waals surface area (Å²) < 4.78 is 5.73. The van der Waals surface area contributed by atoms with Gasteiger partial charge in [0.25, 0.3) is 0 Å². The van der Waals surface area contributed by atoms with E-state index in [4.69, 9.17) is 9.73 Å². The minimum atomic E-state index is 0.215. The van der Waals surface area contributed by atoms with Gasteiger partial charge in [-0.25, -0.2) is 9.98 Å². The molecule has 1 aromatic carbocycles. The molecule has 0 radical (unpaired) electrons. The molecule has 2 heterocycles. The van der Waals surface area contributed by atoms with E-state index in [1.165, 1.54) is 10.4 Å². The standard InChI is InChI=1S/C18H24N4OS/c1-4-19-18(20-11-17-21-12(2)13(3)24-17)22-15-9-10-23-16-8-6-5-7-14(15)16/h5-8,15H,4,9-11H2,1-3H3,(H2,19,20,22). The summed E-state index contributed by atoms with van der Waals surface area (Å²) in [5.41, 5.74) is 2.29. The Labute approximate surface area is 147 Å². The van der Waals surface area contributed by atoms with Gasteiger partial charge in [-0.1, -0.05) is 18.2 Å². The summed E-state index contributed by atoms with van der Waals surface area (Å²) >= 11 is 1.72. The molecule has 6 heteroatoms. The number of nitrogens with zero attached hydrogens (tertiary/aromatic N) is 2. The molecule has 1 aliphatic heterocycles. The lowest BCUT2D eigenvalue weighted by Crippen LogP contribution is -2.41. The van der Waals surface area contributed by atoms with Gasteiger partial charge in [0.05, 0.1) is 24.9 Å². The van der Waals surface area contributed by atoms with Crippen molar-refractivity contribution in [2.45, 2.75) is 39.8 Å². The van der Waals surface area contributed by atoms with E-state index in [-0.39, 0.29) is 6.04 Å². The maximum Gasteiger partial charge on any atom is 0.192 e. The summed E-state index contributed by atoms with van der Waals surface area (Å²) in [6, 6.07) is 8.41. The van der Waals surface area contributed by atoms with Crippen LogP contribution in [-0.2, 0) is 6.54 Å². The first-order chi connectivity index (χ1) is 11.7. The Hall–Kier alpha value is -2.08. The van der Waals surface area contributed by atoms with Crippen molar-refractivity contribution in [3.05, 3.63) is 45.4 Å².